The van der Waals surface area contributed by atoms with E-state index in [1.54, 1.807) is 11.8 Å². The number of hydrogen-bond acceptors (Lipinski definition) is 2. The van der Waals surface area contributed by atoms with Crippen LogP contribution < -0.4 is 5.32 Å². The highest BCUT2D eigenvalue weighted by molar-refractivity contribution is 7.99. The fourth-order valence-corrected chi connectivity index (χ4v) is 3.26. The minimum Gasteiger partial charge on any atom is -0.355 e. The van der Waals surface area contributed by atoms with Crippen molar-refractivity contribution < 1.29 is 4.79 Å². The number of thioether (sulfide) groups is 1. The van der Waals surface area contributed by atoms with Crippen molar-refractivity contribution in [3.63, 3.8) is 0 Å². The van der Waals surface area contributed by atoms with Crippen molar-refractivity contribution in [1.29, 1.82) is 0 Å². The summed E-state index contributed by atoms with van der Waals surface area (Å²) in [5.74, 6) is 1.01. The molecule has 0 aliphatic carbocycles. The van der Waals surface area contributed by atoms with Gasteiger partial charge in [-0.3, -0.25) is 4.79 Å². The summed E-state index contributed by atoms with van der Waals surface area (Å²) in [4.78, 5) is 12.1. The minimum absolute atomic E-state index is 0.0193. The van der Waals surface area contributed by atoms with Gasteiger partial charge >= 0.3 is 0 Å². The molecule has 0 radical (unpaired) electrons. The number of carbonyl (C=O) groups excluding carboxylic acids is 1. The lowest BCUT2D eigenvalue weighted by Crippen LogP contribution is -2.31. The van der Waals surface area contributed by atoms with Crippen molar-refractivity contribution in [1.82, 2.24) is 5.32 Å². The molecule has 122 valence electrons. The standard InChI is InChI=1S/C20H25NOS/c1-16-8-6-11-18(14-16)12-7-13-21-20(22)17(2)23-15-19-9-4-3-5-10-19/h3-6,8-11,14,17H,7,12-13,15H2,1-2H3,(H,21,22). The molecular formula is C20H25NOS. The lowest BCUT2D eigenvalue weighted by atomic mass is 10.1. The normalized spacial score (nSPS) is 11.9. The largest absolute Gasteiger partial charge is 0.355 e. The van der Waals surface area contributed by atoms with Crippen LogP contribution in [0.1, 0.15) is 30.0 Å². The van der Waals surface area contributed by atoms with Gasteiger partial charge < -0.3 is 5.32 Å². The van der Waals surface area contributed by atoms with E-state index in [-0.39, 0.29) is 11.2 Å². The molecule has 3 heteroatoms. The Balaban J connectivity index is 1.64. The topological polar surface area (TPSA) is 29.1 Å². The number of hydrogen-bond donors (Lipinski definition) is 1. The maximum atomic E-state index is 12.1. The molecule has 0 fully saturated rings. The van der Waals surface area contributed by atoms with Crippen LogP contribution in [0, 0.1) is 6.92 Å². The molecule has 0 aliphatic rings. The maximum absolute atomic E-state index is 12.1. The summed E-state index contributed by atoms with van der Waals surface area (Å²) in [7, 11) is 0. The van der Waals surface area contributed by atoms with Crippen LogP contribution in [0.5, 0.6) is 0 Å². The Hall–Kier alpha value is -1.74. The van der Waals surface area contributed by atoms with Gasteiger partial charge in [0.2, 0.25) is 5.91 Å². The van der Waals surface area contributed by atoms with E-state index in [9.17, 15) is 4.79 Å². The van der Waals surface area contributed by atoms with Gasteiger partial charge in [-0.25, -0.2) is 0 Å². The smallest absolute Gasteiger partial charge is 0.232 e. The Bertz CT molecular complexity index is 612. The molecule has 2 rings (SSSR count). The SMILES string of the molecule is Cc1cccc(CCCNC(=O)C(C)SCc2ccccc2)c1. The van der Waals surface area contributed by atoms with Crippen LogP contribution in [0.3, 0.4) is 0 Å². The third-order valence-electron chi connectivity index (χ3n) is 3.74. The quantitative estimate of drug-likeness (QED) is 0.730. The Labute approximate surface area is 143 Å². The molecule has 0 saturated heterocycles. The lowest BCUT2D eigenvalue weighted by Gasteiger charge is -2.12. The summed E-state index contributed by atoms with van der Waals surface area (Å²) in [6.45, 7) is 4.82. The summed E-state index contributed by atoms with van der Waals surface area (Å²) < 4.78 is 0. The summed E-state index contributed by atoms with van der Waals surface area (Å²) in [6, 6.07) is 18.8. The third kappa shape index (κ3) is 6.49. The van der Waals surface area contributed by atoms with Crippen LogP contribution in [0.15, 0.2) is 54.6 Å². The van der Waals surface area contributed by atoms with E-state index in [1.807, 2.05) is 25.1 Å². The molecule has 2 aromatic rings. The predicted octanol–water partition coefficient (Wildman–Crippen LogP) is 4.37. The molecule has 0 saturated carbocycles. The van der Waals surface area contributed by atoms with Crippen molar-refractivity contribution in [2.45, 2.75) is 37.7 Å². The van der Waals surface area contributed by atoms with Gasteiger partial charge in [0, 0.05) is 12.3 Å². The molecule has 0 spiro atoms. The molecule has 0 heterocycles. The predicted molar refractivity (Wildman–Crippen MR) is 99.7 cm³/mol. The Morgan fingerprint density at radius 1 is 1.09 bits per heavy atom. The molecule has 1 atom stereocenters. The summed E-state index contributed by atoms with van der Waals surface area (Å²) in [6.07, 6.45) is 1.98. The van der Waals surface area contributed by atoms with E-state index in [0.29, 0.717) is 0 Å². The molecule has 1 amide bonds. The average Bonchev–Trinajstić information content (AvgIpc) is 2.57. The zero-order valence-electron chi connectivity index (χ0n) is 13.9. The first-order chi connectivity index (χ1) is 11.1. The van der Waals surface area contributed by atoms with Gasteiger partial charge in [-0.1, -0.05) is 60.2 Å². The lowest BCUT2D eigenvalue weighted by molar-refractivity contribution is -0.120. The number of carbonyl (C=O) groups is 1. The summed E-state index contributed by atoms with van der Waals surface area (Å²) >= 11 is 1.68. The first-order valence-corrected chi connectivity index (χ1v) is 9.19. The van der Waals surface area contributed by atoms with E-state index < -0.39 is 0 Å². The van der Waals surface area contributed by atoms with E-state index in [2.05, 4.69) is 48.6 Å². The highest BCUT2D eigenvalue weighted by Crippen LogP contribution is 2.17. The van der Waals surface area contributed by atoms with Crippen molar-refractivity contribution >= 4 is 17.7 Å². The van der Waals surface area contributed by atoms with Gasteiger partial charge in [0.05, 0.1) is 5.25 Å². The number of rotatable bonds is 8. The van der Waals surface area contributed by atoms with Gasteiger partial charge in [-0.2, -0.15) is 0 Å². The van der Waals surface area contributed by atoms with E-state index in [0.717, 1.165) is 25.1 Å². The molecule has 1 N–H and O–H groups in total. The Morgan fingerprint density at radius 3 is 2.57 bits per heavy atom. The highest BCUT2D eigenvalue weighted by Gasteiger charge is 2.12. The molecular weight excluding hydrogens is 302 g/mol. The van der Waals surface area contributed by atoms with Crippen LogP contribution in [0.2, 0.25) is 0 Å². The first-order valence-electron chi connectivity index (χ1n) is 8.14. The molecule has 0 bridgehead atoms. The van der Waals surface area contributed by atoms with E-state index in [4.69, 9.17) is 0 Å². The van der Waals surface area contributed by atoms with Crippen LogP contribution in [0.25, 0.3) is 0 Å². The molecule has 2 aromatic carbocycles. The van der Waals surface area contributed by atoms with Crippen LogP contribution in [0.4, 0.5) is 0 Å². The van der Waals surface area contributed by atoms with Crippen molar-refractivity contribution in [2.75, 3.05) is 6.54 Å². The van der Waals surface area contributed by atoms with Gasteiger partial charge in [-0.05, 0) is 37.8 Å². The first kappa shape index (κ1) is 17.6. The average molecular weight is 327 g/mol. The fourth-order valence-electron chi connectivity index (χ4n) is 2.39. The van der Waals surface area contributed by atoms with Crippen molar-refractivity contribution in [3.05, 3.63) is 71.3 Å². The highest BCUT2D eigenvalue weighted by atomic mass is 32.2. The number of aryl methyl sites for hydroxylation is 2. The second-order valence-corrected chi connectivity index (χ2v) is 7.15. The van der Waals surface area contributed by atoms with Gasteiger partial charge in [0.25, 0.3) is 0 Å². The number of benzene rings is 2. The van der Waals surface area contributed by atoms with Gasteiger partial charge in [0.1, 0.15) is 0 Å². The third-order valence-corrected chi connectivity index (χ3v) is 4.95. The second-order valence-electron chi connectivity index (χ2n) is 5.82. The molecule has 2 nitrogen and oxygen atoms in total. The summed E-state index contributed by atoms with van der Waals surface area (Å²) in [5, 5.41) is 3.02. The molecule has 1 unspecified atom stereocenters. The Kier molecular flexibility index (Phi) is 7.21. The van der Waals surface area contributed by atoms with Crippen LogP contribution in [-0.2, 0) is 17.0 Å². The van der Waals surface area contributed by atoms with Crippen molar-refractivity contribution in [3.8, 4) is 0 Å². The number of nitrogens with one attached hydrogen (secondary N) is 1. The zero-order chi connectivity index (χ0) is 16.5. The van der Waals surface area contributed by atoms with Crippen molar-refractivity contribution in [2.24, 2.45) is 0 Å². The maximum Gasteiger partial charge on any atom is 0.232 e. The molecule has 23 heavy (non-hydrogen) atoms. The van der Waals surface area contributed by atoms with Gasteiger partial charge in [-0.15, -0.1) is 11.8 Å². The molecule has 0 aromatic heterocycles. The second kappa shape index (κ2) is 9.41. The van der Waals surface area contributed by atoms with Crippen LogP contribution >= 0.6 is 11.8 Å². The Morgan fingerprint density at radius 2 is 1.83 bits per heavy atom. The van der Waals surface area contributed by atoms with Gasteiger partial charge in [0.15, 0.2) is 0 Å². The summed E-state index contributed by atoms with van der Waals surface area (Å²) in [5.41, 5.74) is 3.89. The fraction of sp³-hybridized carbons (Fsp3) is 0.350. The number of amides is 1. The monoisotopic (exact) mass is 327 g/mol. The zero-order valence-corrected chi connectivity index (χ0v) is 14.7. The minimum atomic E-state index is -0.0193. The van der Waals surface area contributed by atoms with Crippen LogP contribution in [-0.4, -0.2) is 17.7 Å². The van der Waals surface area contributed by atoms with E-state index >= 15 is 0 Å². The molecule has 0 aliphatic heterocycles. The van der Waals surface area contributed by atoms with E-state index in [1.165, 1.54) is 16.7 Å².